The maximum absolute atomic E-state index is 10.7. The van der Waals surface area contributed by atoms with E-state index in [4.69, 9.17) is 28.4 Å². The van der Waals surface area contributed by atoms with Gasteiger partial charge in [0.1, 0.15) is 24.4 Å². The van der Waals surface area contributed by atoms with Crippen LogP contribution in [0.25, 0.3) is 12.2 Å². The maximum Gasteiger partial charge on any atom is 0.229 e. The highest BCUT2D eigenvalue weighted by atomic mass is 16.7. The second-order valence-corrected chi connectivity index (χ2v) is 7.64. The minimum Gasteiger partial charge on any atom is -0.502 e. The van der Waals surface area contributed by atoms with Crippen LogP contribution in [0.4, 0.5) is 0 Å². The van der Waals surface area contributed by atoms with E-state index in [1.165, 1.54) is 34.5 Å². The zero-order valence-corrected chi connectivity index (χ0v) is 19.7. The summed E-state index contributed by atoms with van der Waals surface area (Å²) in [4.78, 5) is 0. The molecule has 3 rings (SSSR count). The SMILES string of the molecule is COc1ccc(C=Cc2cc(OC)c(OC)c(OC)c2)c(O[C@H]2O[C@@H](CO)[C@H](O)[C@@H](O)[C@@H]2O)c1O. The topological polar surface area (TPSA) is 157 Å². The van der Waals surface area contributed by atoms with Gasteiger partial charge in [-0.2, -0.15) is 0 Å². The van der Waals surface area contributed by atoms with Crippen LogP contribution in [0, 0.1) is 0 Å². The fourth-order valence-electron chi connectivity index (χ4n) is 3.65. The second kappa shape index (κ2) is 11.5. The number of aliphatic hydroxyl groups is 4. The standard InChI is InChI=1S/C24H30O11/c1-30-14-8-7-13(6-5-12-9-15(31-2)23(33-4)16(10-12)32-3)22(19(14)27)35-24-21(29)20(28)18(26)17(11-25)34-24/h5-10,17-18,20-21,24-29H,11H2,1-4H3/t17-,18-,20+,21-,24+/m0/s1. The third kappa shape index (κ3) is 5.39. The summed E-state index contributed by atoms with van der Waals surface area (Å²) >= 11 is 0. The van der Waals surface area contributed by atoms with Crippen molar-refractivity contribution in [2.75, 3.05) is 35.0 Å². The molecule has 0 bridgehead atoms. The molecule has 0 spiro atoms. The quantitative estimate of drug-likeness (QED) is 0.314. The van der Waals surface area contributed by atoms with Gasteiger partial charge in [0.25, 0.3) is 0 Å². The van der Waals surface area contributed by atoms with Crippen LogP contribution in [-0.2, 0) is 4.74 Å². The van der Waals surface area contributed by atoms with Gasteiger partial charge in [-0.15, -0.1) is 0 Å². The van der Waals surface area contributed by atoms with E-state index in [0.717, 1.165) is 0 Å². The number of methoxy groups -OCH3 is 4. The minimum atomic E-state index is -1.66. The van der Waals surface area contributed by atoms with Crippen molar-refractivity contribution in [3.05, 3.63) is 35.4 Å². The Balaban J connectivity index is 1.99. The van der Waals surface area contributed by atoms with E-state index in [-0.39, 0.29) is 17.2 Å². The van der Waals surface area contributed by atoms with Gasteiger partial charge in [-0.05, 0) is 29.8 Å². The number of aliphatic hydroxyl groups excluding tert-OH is 4. The molecule has 0 saturated carbocycles. The van der Waals surface area contributed by atoms with Crippen LogP contribution < -0.4 is 23.7 Å². The Kier molecular flexibility index (Phi) is 8.65. The second-order valence-electron chi connectivity index (χ2n) is 7.64. The van der Waals surface area contributed by atoms with Gasteiger partial charge in [0.2, 0.25) is 17.8 Å². The van der Waals surface area contributed by atoms with Gasteiger partial charge < -0.3 is 54.0 Å². The molecule has 11 nitrogen and oxygen atoms in total. The Labute approximate surface area is 202 Å². The van der Waals surface area contributed by atoms with E-state index < -0.39 is 37.3 Å². The average molecular weight is 494 g/mol. The van der Waals surface area contributed by atoms with Crippen molar-refractivity contribution in [1.29, 1.82) is 0 Å². The zero-order valence-electron chi connectivity index (χ0n) is 19.7. The molecule has 5 atom stereocenters. The molecule has 2 aromatic rings. The fourth-order valence-corrected chi connectivity index (χ4v) is 3.65. The number of phenolic OH excluding ortho intramolecular Hbond substituents is 1. The Morgan fingerprint density at radius 3 is 1.97 bits per heavy atom. The lowest BCUT2D eigenvalue weighted by Gasteiger charge is -2.39. The van der Waals surface area contributed by atoms with Crippen LogP contribution >= 0.6 is 0 Å². The molecule has 0 aromatic heterocycles. The maximum atomic E-state index is 10.7. The number of rotatable bonds is 9. The van der Waals surface area contributed by atoms with Gasteiger partial charge in [-0.25, -0.2) is 0 Å². The fraction of sp³-hybridized carbons (Fsp3) is 0.417. The van der Waals surface area contributed by atoms with E-state index in [9.17, 15) is 25.5 Å². The highest BCUT2D eigenvalue weighted by Crippen LogP contribution is 2.42. The van der Waals surface area contributed by atoms with Gasteiger partial charge in [-0.1, -0.05) is 12.2 Å². The number of benzene rings is 2. The highest BCUT2D eigenvalue weighted by Gasteiger charge is 2.45. The van der Waals surface area contributed by atoms with Crippen molar-refractivity contribution in [2.45, 2.75) is 30.7 Å². The zero-order chi connectivity index (χ0) is 25.7. The predicted molar refractivity (Wildman–Crippen MR) is 124 cm³/mol. The Morgan fingerprint density at radius 2 is 1.43 bits per heavy atom. The lowest BCUT2D eigenvalue weighted by atomic mass is 9.99. The lowest BCUT2D eigenvalue weighted by Crippen LogP contribution is -2.60. The molecule has 1 fully saturated rings. The molecular formula is C24H30O11. The summed E-state index contributed by atoms with van der Waals surface area (Å²) in [5.74, 6) is 0.924. The van der Waals surface area contributed by atoms with Crippen LogP contribution in [0.2, 0.25) is 0 Å². The van der Waals surface area contributed by atoms with E-state index in [0.29, 0.717) is 28.4 Å². The number of phenols is 1. The third-order valence-electron chi connectivity index (χ3n) is 5.57. The first-order chi connectivity index (χ1) is 16.8. The van der Waals surface area contributed by atoms with Crippen molar-refractivity contribution < 1.29 is 54.0 Å². The van der Waals surface area contributed by atoms with E-state index in [2.05, 4.69) is 0 Å². The molecule has 5 N–H and O–H groups in total. The Hall–Kier alpha value is -3.22. The first kappa shape index (κ1) is 26.4. The van der Waals surface area contributed by atoms with Crippen LogP contribution in [0.15, 0.2) is 24.3 Å². The van der Waals surface area contributed by atoms with E-state index in [1.54, 1.807) is 30.4 Å². The van der Waals surface area contributed by atoms with Crippen LogP contribution in [0.1, 0.15) is 11.1 Å². The number of ether oxygens (including phenoxy) is 6. The van der Waals surface area contributed by atoms with E-state index >= 15 is 0 Å². The summed E-state index contributed by atoms with van der Waals surface area (Å²) < 4.78 is 32.4. The van der Waals surface area contributed by atoms with Crippen molar-refractivity contribution in [1.82, 2.24) is 0 Å². The number of hydrogen-bond acceptors (Lipinski definition) is 11. The van der Waals surface area contributed by atoms with Crippen molar-refractivity contribution in [3.8, 4) is 34.5 Å². The van der Waals surface area contributed by atoms with Crippen molar-refractivity contribution >= 4 is 12.2 Å². The highest BCUT2D eigenvalue weighted by molar-refractivity contribution is 5.77. The molecule has 2 aromatic carbocycles. The number of hydrogen-bond donors (Lipinski definition) is 5. The Bertz CT molecular complexity index is 1010. The molecule has 1 aliphatic heterocycles. The molecule has 0 amide bonds. The predicted octanol–water partition coefficient (Wildman–Crippen LogP) is 0.776. The van der Waals surface area contributed by atoms with Crippen molar-refractivity contribution in [3.63, 3.8) is 0 Å². The van der Waals surface area contributed by atoms with Crippen LogP contribution in [0.3, 0.4) is 0 Å². The third-order valence-corrected chi connectivity index (χ3v) is 5.57. The summed E-state index contributed by atoms with van der Waals surface area (Å²) in [6, 6.07) is 6.56. The molecular weight excluding hydrogens is 464 g/mol. The molecule has 1 heterocycles. The van der Waals surface area contributed by atoms with Crippen molar-refractivity contribution in [2.24, 2.45) is 0 Å². The average Bonchev–Trinajstić information content (AvgIpc) is 2.88. The molecule has 0 unspecified atom stereocenters. The molecule has 1 saturated heterocycles. The summed E-state index contributed by atoms with van der Waals surface area (Å²) in [7, 11) is 5.86. The van der Waals surface area contributed by atoms with Gasteiger partial charge >= 0.3 is 0 Å². The van der Waals surface area contributed by atoms with Gasteiger partial charge in [0, 0.05) is 5.56 Å². The summed E-state index contributed by atoms with van der Waals surface area (Å²) in [6.45, 7) is -0.622. The van der Waals surface area contributed by atoms with Gasteiger partial charge in [0.15, 0.2) is 23.0 Å². The molecule has 1 aliphatic rings. The molecule has 0 aliphatic carbocycles. The van der Waals surface area contributed by atoms with E-state index in [1.807, 2.05) is 0 Å². The molecule has 35 heavy (non-hydrogen) atoms. The van der Waals surface area contributed by atoms with Gasteiger partial charge in [-0.3, -0.25) is 0 Å². The van der Waals surface area contributed by atoms with Crippen LogP contribution in [-0.4, -0.2) is 91.3 Å². The lowest BCUT2D eigenvalue weighted by molar-refractivity contribution is -0.277. The van der Waals surface area contributed by atoms with Crippen LogP contribution in [0.5, 0.6) is 34.5 Å². The van der Waals surface area contributed by atoms with Gasteiger partial charge in [0.05, 0.1) is 35.0 Å². The number of aromatic hydroxyl groups is 1. The summed E-state index contributed by atoms with van der Waals surface area (Å²) in [6.07, 6.45) is -4.21. The summed E-state index contributed by atoms with van der Waals surface area (Å²) in [5, 5.41) is 50.6. The molecule has 192 valence electrons. The first-order valence-corrected chi connectivity index (χ1v) is 10.6. The molecule has 0 radical (unpaired) electrons. The first-order valence-electron chi connectivity index (χ1n) is 10.6. The minimum absolute atomic E-state index is 0.0922. The Morgan fingerprint density at radius 1 is 0.800 bits per heavy atom. The molecule has 11 heteroatoms. The largest absolute Gasteiger partial charge is 0.502 e. The normalized spacial score (nSPS) is 24.3. The monoisotopic (exact) mass is 494 g/mol. The smallest absolute Gasteiger partial charge is 0.229 e. The summed E-state index contributed by atoms with van der Waals surface area (Å²) in [5.41, 5.74) is 1.04.